The number of nitrogen functional groups attached to an aromatic ring is 1. The van der Waals surface area contributed by atoms with Crippen LogP contribution in [0.1, 0.15) is 45.4 Å². The number of pyridine rings is 1. The minimum absolute atomic E-state index is 0.512. The lowest BCUT2D eigenvalue weighted by Crippen LogP contribution is -2.05. The molecule has 2 rings (SSSR count). The Morgan fingerprint density at radius 1 is 1.21 bits per heavy atom. The van der Waals surface area contributed by atoms with Gasteiger partial charge in [0.1, 0.15) is 0 Å². The molecule has 0 aromatic carbocycles. The average Bonchev–Trinajstić information content (AvgIpc) is 3.23. The van der Waals surface area contributed by atoms with Crippen molar-refractivity contribution in [2.24, 2.45) is 5.92 Å². The Balaban J connectivity index is 1.77. The van der Waals surface area contributed by atoms with Crippen molar-refractivity contribution in [1.29, 1.82) is 0 Å². The SMILES string of the molecule is CCCCCCOc1ccc(N)c(OCC2CC2)n1. The van der Waals surface area contributed by atoms with Crippen molar-refractivity contribution in [3.63, 3.8) is 0 Å². The van der Waals surface area contributed by atoms with E-state index in [0.717, 1.165) is 13.0 Å². The standard InChI is InChI=1S/C15H24N2O2/c1-2-3-4-5-10-18-14-9-8-13(16)15(17-14)19-11-12-6-7-12/h8-9,12H,2-7,10-11,16H2,1H3. The Bertz CT molecular complexity index is 392. The van der Waals surface area contributed by atoms with Crippen LogP contribution in [-0.2, 0) is 0 Å². The van der Waals surface area contributed by atoms with Crippen LogP contribution in [-0.4, -0.2) is 18.2 Å². The van der Waals surface area contributed by atoms with Gasteiger partial charge in [-0.05, 0) is 31.2 Å². The second kappa shape index (κ2) is 7.22. The summed E-state index contributed by atoms with van der Waals surface area (Å²) in [5.74, 6) is 1.81. The third kappa shape index (κ3) is 4.97. The van der Waals surface area contributed by atoms with Crippen LogP contribution in [0.25, 0.3) is 0 Å². The van der Waals surface area contributed by atoms with Gasteiger partial charge < -0.3 is 15.2 Å². The van der Waals surface area contributed by atoms with E-state index in [0.29, 0.717) is 30.0 Å². The number of rotatable bonds is 9. The summed E-state index contributed by atoms with van der Waals surface area (Å²) in [6.45, 7) is 3.63. The Hall–Kier alpha value is -1.45. The van der Waals surface area contributed by atoms with Gasteiger partial charge in [0, 0.05) is 6.07 Å². The number of hydrogen-bond acceptors (Lipinski definition) is 4. The van der Waals surface area contributed by atoms with E-state index in [4.69, 9.17) is 15.2 Å². The van der Waals surface area contributed by atoms with Crippen molar-refractivity contribution in [1.82, 2.24) is 4.98 Å². The molecule has 0 aliphatic heterocycles. The van der Waals surface area contributed by atoms with E-state index in [1.165, 1.54) is 32.1 Å². The minimum atomic E-state index is 0.512. The van der Waals surface area contributed by atoms with Crippen LogP contribution in [0.4, 0.5) is 5.69 Å². The topological polar surface area (TPSA) is 57.4 Å². The number of ether oxygens (including phenoxy) is 2. The van der Waals surface area contributed by atoms with E-state index in [-0.39, 0.29) is 0 Å². The Labute approximate surface area is 115 Å². The van der Waals surface area contributed by atoms with Crippen LogP contribution in [0, 0.1) is 5.92 Å². The maximum Gasteiger partial charge on any atom is 0.240 e. The Kier molecular flexibility index (Phi) is 5.31. The van der Waals surface area contributed by atoms with Gasteiger partial charge in [0.05, 0.1) is 18.9 Å². The summed E-state index contributed by atoms with van der Waals surface area (Å²) in [7, 11) is 0. The first-order valence-electron chi connectivity index (χ1n) is 7.31. The van der Waals surface area contributed by atoms with Crippen molar-refractivity contribution in [2.45, 2.75) is 45.4 Å². The molecule has 0 bridgehead atoms. The molecular weight excluding hydrogens is 240 g/mol. The predicted molar refractivity (Wildman–Crippen MR) is 76.5 cm³/mol. The summed E-state index contributed by atoms with van der Waals surface area (Å²) in [6.07, 6.45) is 7.28. The molecule has 1 fully saturated rings. The van der Waals surface area contributed by atoms with Crippen molar-refractivity contribution < 1.29 is 9.47 Å². The fourth-order valence-electron chi connectivity index (χ4n) is 1.82. The first-order valence-corrected chi connectivity index (χ1v) is 7.31. The lowest BCUT2D eigenvalue weighted by atomic mass is 10.2. The molecular formula is C15H24N2O2. The molecule has 0 radical (unpaired) electrons. The molecule has 0 saturated heterocycles. The Morgan fingerprint density at radius 3 is 2.79 bits per heavy atom. The van der Waals surface area contributed by atoms with Gasteiger partial charge in [-0.15, -0.1) is 0 Å². The molecule has 19 heavy (non-hydrogen) atoms. The number of nitrogens with zero attached hydrogens (tertiary/aromatic N) is 1. The van der Waals surface area contributed by atoms with Gasteiger partial charge in [0.2, 0.25) is 11.8 Å². The lowest BCUT2D eigenvalue weighted by Gasteiger charge is -2.10. The zero-order valence-corrected chi connectivity index (χ0v) is 11.7. The molecule has 0 unspecified atom stereocenters. The van der Waals surface area contributed by atoms with Gasteiger partial charge in [-0.2, -0.15) is 4.98 Å². The second-order valence-corrected chi connectivity index (χ2v) is 5.21. The smallest absolute Gasteiger partial charge is 0.240 e. The fourth-order valence-corrected chi connectivity index (χ4v) is 1.82. The number of nitrogens with two attached hydrogens (primary N) is 1. The van der Waals surface area contributed by atoms with Crippen molar-refractivity contribution in [2.75, 3.05) is 18.9 Å². The minimum Gasteiger partial charge on any atom is -0.478 e. The number of aromatic nitrogens is 1. The van der Waals surface area contributed by atoms with Crippen LogP contribution in [0.5, 0.6) is 11.8 Å². The van der Waals surface area contributed by atoms with Gasteiger partial charge in [-0.25, -0.2) is 0 Å². The molecule has 2 N–H and O–H groups in total. The molecule has 1 aliphatic rings. The maximum atomic E-state index is 5.85. The Morgan fingerprint density at radius 2 is 2.05 bits per heavy atom. The third-order valence-corrected chi connectivity index (χ3v) is 3.26. The highest BCUT2D eigenvalue weighted by molar-refractivity contribution is 5.49. The van der Waals surface area contributed by atoms with Gasteiger partial charge in [0.25, 0.3) is 0 Å². The highest BCUT2D eigenvalue weighted by atomic mass is 16.5. The summed E-state index contributed by atoms with van der Waals surface area (Å²) in [4.78, 5) is 4.32. The highest BCUT2D eigenvalue weighted by Crippen LogP contribution is 2.30. The summed E-state index contributed by atoms with van der Waals surface area (Å²) in [6, 6.07) is 3.61. The maximum absolute atomic E-state index is 5.85. The van der Waals surface area contributed by atoms with E-state index >= 15 is 0 Å². The average molecular weight is 264 g/mol. The number of hydrogen-bond donors (Lipinski definition) is 1. The lowest BCUT2D eigenvalue weighted by molar-refractivity contribution is 0.268. The van der Waals surface area contributed by atoms with Gasteiger partial charge in [0.15, 0.2) is 0 Å². The van der Waals surface area contributed by atoms with Crippen LogP contribution >= 0.6 is 0 Å². The molecule has 1 heterocycles. The predicted octanol–water partition coefficient (Wildman–Crippen LogP) is 3.41. The molecule has 0 spiro atoms. The van der Waals surface area contributed by atoms with Gasteiger partial charge in [-0.3, -0.25) is 0 Å². The third-order valence-electron chi connectivity index (χ3n) is 3.26. The van der Waals surface area contributed by atoms with Crippen molar-refractivity contribution in [3.8, 4) is 11.8 Å². The largest absolute Gasteiger partial charge is 0.478 e. The van der Waals surface area contributed by atoms with E-state index < -0.39 is 0 Å². The van der Waals surface area contributed by atoms with Crippen LogP contribution in [0.15, 0.2) is 12.1 Å². The molecule has 0 atom stereocenters. The first-order chi connectivity index (χ1) is 9.29. The quantitative estimate of drug-likeness (QED) is 0.694. The highest BCUT2D eigenvalue weighted by Gasteiger charge is 2.22. The van der Waals surface area contributed by atoms with Crippen molar-refractivity contribution >= 4 is 5.69 Å². The zero-order chi connectivity index (χ0) is 13.5. The molecule has 1 aromatic heterocycles. The van der Waals surface area contributed by atoms with E-state index in [2.05, 4.69) is 11.9 Å². The number of unbranched alkanes of at least 4 members (excludes halogenated alkanes) is 3. The molecule has 0 amide bonds. The monoisotopic (exact) mass is 264 g/mol. The summed E-state index contributed by atoms with van der Waals surface area (Å²) >= 11 is 0. The fraction of sp³-hybridized carbons (Fsp3) is 0.667. The molecule has 1 aromatic rings. The van der Waals surface area contributed by atoms with Crippen LogP contribution < -0.4 is 15.2 Å². The second-order valence-electron chi connectivity index (χ2n) is 5.21. The van der Waals surface area contributed by atoms with E-state index in [9.17, 15) is 0 Å². The molecule has 4 heteroatoms. The normalized spacial score (nSPS) is 14.4. The summed E-state index contributed by atoms with van der Waals surface area (Å²) in [5.41, 5.74) is 6.43. The van der Waals surface area contributed by atoms with E-state index in [1.54, 1.807) is 12.1 Å². The number of anilines is 1. The molecule has 1 saturated carbocycles. The summed E-state index contributed by atoms with van der Waals surface area (Å²) in [5, 5.41) is 0. The zero-order valence-electron chi connectivity index (χ0n) is 11.7. The molecule has 106 valence electrons. The molecule has 1 aliphatic carbocycles. The van der Waals surface area contributed by atoms with Gasteiger partial charge >= 0.3 is 0 Å². The van der Waals surface area contributed by atoms with Gasteiger partial charge in [-0.1, -0.05) is 26.2 Å². The summed E-state index contributed by atoms with van der Waals surface area (Å²) < 4.78 is 11.3. The van der Waals surface area contributed by atoms with Crippen molar-refractivity contribution in [3.05, 3.63) is 12.1 Å². The first kappa shape index (κ1) is 14.0. The van der Waals surface area contributed by atoms with E-state index in [1.807, 2.05) is 0 Å². The molecule has 4 nitrogen and oxygen atoms in total. The van der Waals surface area contributed by atoms with Crippen LogP contribution in [0.3, 0.4) is 0 Å². The van der Waals surface area contributed by atoms with Crippen LogP contribution in [0.2, 0.25) is 0 Å².